The van der Waals surface area contributed by atoms with Crippen LogP contribution >= 0.6 is 0 Å². The summed E-state index contributed by atoms with van der Waals surface area (Å²) in [6, 6.07) is 0. The van der Waals surface area contributed by atoms with Gasteiger partial charge in [0.25, 0.3) is 0 Å². The molecule has 0 aromatic carbocycles. The first-order valence-corrected chi connectivity index (χ1v) is 10.3. The second-order valence-corrected chi connectivity index (χ2v) is 6.46. The minimum atomic E-state index is -0.797. The lowest BCUT2D eigenvalue weighted by Gasteiger charge is -2.11. The number of carbonyl (C=O) groups excluding carboxylic acids is 1. The second-order valence-electron chi connectivity index (χ2n) is 6.46. The van der Waals surface area contributed by atoms with Gasteiger partial charge in [-0.3, -0.25) is 4.79 Å². The molecule has 0 saturated heterocycles. The number of allylic oxidation sites excluding steroid dienone is 8. The third kappa shape index (κ3) is 18.9. The summed E-state index contributed by atoms with van der Waals surface area (Å²) in [5, 5.41) is 17.7. The largest absolute Gasteiger partial charge is 0.457 e. The molecule has 0 aliphatic carbocycles. The average Bonchev–Trinajstić information content (AvgIpc) is 2.68. The molecule has 0 aromatic heterocycles. The molecule has 4 heteroatoms. The molecular weight excluding hydrogens is 340 g/mol. The van der Waals surface area contributed by atoms with Gasteiger partial charge >= 0.3 is 5.97 Å². The Morgan fingerprint density at radius 2 is 1.26 bits per heavy atom. The Morgan fingerprint density at radius 1 is 0.778 bits per heavy atom. The third-order valence-electron chi connectivity index (χ3n) is 3.91. The van der Waals surface area contributed by atoms with E-state index in [0.717, 1.165) is 25.7 Å². The smallest absolute Gasteiger partial charge is 0.306 e. The van der Waals surface area contributed by atoms with Crippen LogP contribution in [-0.4, -0.2) is 35.5 Å². The number of esters is 1. The quantitative estimate of drug-likeness (QED) is 0.212. The van der Waals surface area contributed by atoms with Crippen molar-refractivity contribution >= 4 is 5.97 Å². The Hall–Kier alpha value is -1.65. The van der Waals surface area contributed by atoms with E-state index in [2.05, 4.69) is 55.5 Å². The molecule has 0 amide bonds. The molecule has 0 aliphatic rings. The molecule has 154 valence electrons. The van der Waals surface area contributed by atoms with Crippen LogP contribution in [0.15, 0.2) is 48.6 Å². The molecule has 0 aromatic rings. The highest BCUT2D eigenvalue weighted by molar-refractivity contribution is 5.69. The Labute approximate surface area is 165 Å². The highest BCUT2D eigenvalue weighted by atomic mass is 16.6. The van der Waals surface area contributed by atoms with Crippen molar-refractivity contribution in [3.63, 3.8) is 0 Å². The minimum Gasteiger partial charge on any atom is -0.457 e. The first-order chi connectivity index (χ1) is 13.2. The zero-order valence-corrected chi connectivity index (χ0v) is 16.9. The van der Waals surface area contributed by atoms with Crippen LogP contribution in [0.25, 0.3) is 0 Å². The Balaban J connectivity index is 3.55. The maximum Gasteiger partial charge on any atom is 0.306 e. The molecule has 0 bridgehead atoms. The highest BCUT2D eigenvalue weighted by Gasteiger charge is 2.11. The Bertz CT molecular complexity index is 445. The van der Waals surface area contributed by atoms with E-state index >= 15 is 0 Å². The van der Waals surface area contributed by atoms with E-state index in [0.29, 0.717) is 12.8 Å². The Morgan fingerprint density at radius 3 is 1.74 bits per heavy atom. The standard InChI is InChI=1S/C23H38O4/c1-2-3-4-5-6-7-8-9-10-11-12-13-14-15-16-17-18-19-23(26)27-22(20-24)21-25/h6-7,9-10,12-13,15-16,22,24-25H,2-5,8,11,14,17-21H2,1H3/b7-6-,10-9-,13-12+,16-15-. The first-order valence-electron chi connectivity index (χ1n) is 10.3. The minimum absolute atomic E-state index is 0.300. The molecule has 0 fully saturated rings. The number of hydrogen-bond acceptors (Lipinski definition) is 4. The van der Waals surface area contributed by atoms with Crippen LogP contribution < -0.4 is 0 Å². The summed E-state index contributed by atoms with van der Waals surface area (Å²) in [4.78, 5) is 11.4. The topological polar surface area (TPSA) is 66.8 Å². The molecule has 0 saturated carbocycles. The molecule has 2 N–H and O–H groups in total. The van der Waals surface area contributed by atoms with Gasteiger partial charge < -0.3 is 14.9 Å². The van der Waals surface area contributed by atoms with Crippen molar-refractivity contribution in [1.82, 2.24) is 0 Å². The average molecular weight is 379 g/mol. The summed E-state index contributed by atoms with van der Waals surface area (Å²) in [5.74, 6) is -0.376. The molecule has 0 heterocycles. The van der Waals surface area contributed by atoms with E-state index in [1.807, 2.05) is 0 Å². The van der Waals surface area contributed by atoms with Crippen molar-refractivity contribution in [2.24, 2.45) is 0 Å². The number of aliphatic hydroxyl groups excluding tert-OH is 2. The summed E-state index contributed by atoms with van der Waals surface area (Å²) >= 11 is 0. The molecule has 0 rings (SSSR count). The van der Waals surface area contributed by atoms with Gasteiger partial charge in [0.15, 0.2) is 0 Å². The SMILES string of the molecule is CCCCC/C=C\C/C=C\C/C=C/C/C=C\CCCC(=O)OC(CO)CO. The van der Waals surface area contributed by atoms with Crippen LogP contribution in [0, 0.1) is 0 Å². The predicted molar refractivity (Wildman–Crippen MR) is 112 cm³/mol. The molecule has 0 spiro atoms. The van der Waals surface area contributed by atoms with Gasteiger partial charge in [-0.15, -0.1) is 0 Å². The summed E-state index contributed by atoms with van der Waals surface area (Å²) in [5.41, 5.74) is 0. The molecule has 4 nitrogen and oxygen atoms in total. The molecule has 0 atom stereocenters. The van der Waals surface area contributed by atoms with E-state index in [1.165, 1.54) is 25.7 Å². The van der Waals surface area contributed by atoms with Crippen molar-refractivity contribution in [1.29, 1.82) is 0 Å². The fourth-order valence-electron chi connectivity index (χ4n) is 2.30. The van der Waals surface area contributed by atoms with Gasteiger partial charge in [-0.2, -0.15) is 0 Å². The number of ether oxygens (including phenoxy) is 1. The lowest BCUT2D eigenvalue weighted by Crippen LogP contribution is -2.25. The Kier molecular flexibility index (Phi) is 19.4. The fraction of sp³-hybridized carbons (Fsp3) is 0.609. The van der Waals surface area contributed by atoms with Crippen molar-refractivity contribution in [3.8, 4) is 0 Å². The van der Waals surface area contributed by atoms with Gasteiger partial charge in [0.1, 0.15) is 6.10 Å². The van der Waals surface area contributed by atoms with Crippen LogP contribution in [0.4, 0.5) is 0 Å². The molecular formula is C23H38O4. The van der Waals surface area contributed by atoms with E-state index in [1.54, 1.807) is 0 Å². The molecule has 0 unspecified atom stereocenters. The van der Waals surface area contributed by atoms with Gasteiger partial charge in [-0.05, 0) is 44.9 Å². The van der Waals surface area contributed by atoms with Crippen LogP contribution in [0.3, 0.4) is 0 Å². The number of aliphatic hydroxyl groups is 2. The lowest BCUT2D eigenvalue weighted by atomic mass is 10.2. The van der Waals surface area contributed by atoms with Crippen molar-refractivity contribution in [2.45, 2.75) is 77.2 Å². The van der Waals surface area contributed by atoms with E-state index in [-0.39, 0.29) is 19.2 Å². The van der Waals surface area contributed by atoms with E-state index in [4.69, 9.17) is 14.9 Å². The molecule has 0 radical (unpaired) electrons. The normalized spacial score (nSPS) is 12.4. The van der Waals surface area contributed by atoms with Gasteiger partial charge in [0.2, 0.25) is 0 Å². The van der Waals surface area contributed by atoms with Crippen molar-refractivity contribution in [3.05, 3.63) is 48.6 Å². The zero-order valence-electron chi connectivity index (χ0n) is 16.9. The predicted octanol–water partition coefficient (Wildman–Crippen LogP) is 5.03. The van der Waals surface area contributed by atoms with Gasteiger partial charge in [-0.25, -0.2) is 0 Å². The van der Waals surface area contributed by atoms with Gasteiger partial charge in [0.05, 0.1) is 13.2 Å². The monoisotopic (exact) mass is 378 g/mol. The van der Waals surface area contributed by atoms with Crippen LogP contribution in [0.1, 0.15) is 71.1 Å². The van der Waals surface area contributed by atoms with E-state index in [9.17, 15) is 4.79 Å². The number of carbonyl (C=O) groups is 1. The maximum absolute atomic E-state index is 11.4. The second kappa shape index (κ2) is 20.7. The van der Waals surface area contributed by atoms with Gasteiger partial charge in [0, 0.05) is 6.42 Å². The summed E-state index contributed by atoms with van der Waals surface area (Å²) < 4.78 is 4.89. The highest BCUT2D eigenvalue weighted by Crippen LogP contribution is 2.03. The van der Waals surface area contributed by atoms with Crippen molar-refractivity contribution in [2.75, 3.05) is 13.2 Å². The molecule has 0 aliphatic heterocycles. The van der Waals surface area contributed by atoms with Crippen LogP contribution in [-0.2, 0) is 9.53 Å². The number of rotatable bonds is 17. The van der Waals surface area contributed by atoms with Gasteiger partial charge in [-0.1, -0.05) is 68.4 Å². The summed E-state index contributed by atoms with van der Waals surface area (Å²) in [6.45, 7) is 1.53. The zero-order chi connectivity index (χ0) is 20.0. The molecule has 27 heavy (non-hydrogen) atoms. The lowest BCUT2D eigenvalue weighted by molar-refractivity contribution is -0.153. The fourth-order valence-corrected chi connectivity index (χ4v) is 2.30. The third-order valence-corrected chi connectivity index (χ3v) is 3.91. The first kappa shape index (κ1) is 25.4. The van der Waals surface area contributed by atoms with Crippen molar-refractivity contribution < 1.29 is 19.7 Å². The number of hydrogen-bond donors (Lipinski definition) is 2. The summed E-state index contributed by atoms with van der Waals surface area (Å²) in [7, 11) is 0. The van der Waals surface area contributed by atoms with Crippen LogP contribution in [0.5, 0.6) is 0 Å². The number of unbranched alkanes of at least 4 members (excludes halogenated alkanes) is 4. The van der Waals surface area contributed by atoms with E-state index < -0.39 is 6.10 Å². The summed E-state index contributed by atoms with van der Waals surface area (Å²) in [6.07, 6.45) is 26.3. The maximum atomic E-state index is 11.4. The van der Waals surface area contributed by atoms with Crippen LogP contribution in [0.2, 0.25) is 0 Å².